The highest BCUT2D eigenvalue weighted by atomic mass is 32.1. The molecule has 1 saturated heterocycles. The van der Waals surface area contributed by atoms with Gasteiger partial charge in [-0.3, -0.25) is 9.59 Å². The Morgan fingerprint density at radius 2 is 1.98 bits per heavy atom. The third kappa shape index (κ3) is 8.35. The number of nitrogens with zero attached hydrogens (tertiary/aromatic N) is 2. The number of nitrogens with one attached hydrogen (secondary N) is 1. The van der Waals surface area contributed by atoms with E-state index < -0.39 is 29.5 Å². The normalized spacial score (nSPS) is 18.9. The molecule has 8 nitrogen and oxygen atoms in total. The second kappa shape index (κ2) is 14.7. The average molecular weight is 591 g/mol. The highest BCUT2D eigenvalue weighted by molar-refractivity contribution is 7.13. The molecule has 0 bridgehead atoms. The lowest BCUT2D eigenvalue weighted by Gasteiger charge is -2.32. The minimum atomic E-state index is -0.876. The van der Waals surface area contributed by atoms with Crippen molar-refractivity contribution in [3.8, 4) is 10.6 Å². The number of aliphatic hydroxyl groups is 1. The maximum absolute atomic E-state index is 13.9. The fourth-order valence-electron chi connectivity index (χ4n) is 5.17. The smallest absolute Gasteiger partial charge is 0.248 e. The van der Waals surface area contributed by atoms with E-state index in [0.29, 0.717) is 19.6 Å². The number of hydrogen-bond donors (Lipinski definition) is 3. The predicted octanol–water partition coefficient (Wildman–Crippen LogP) is 4.34. The van der Waals surface area contributed by atoms with Crippen molar-refractivity contribution in [1.82, 2.24) is 15.2 Å². The lowest BCUT2D eigenvalue weighted by atomic mass is 9.83. The lowest BCUT2D eigenvalue weighted by molar-refractivity contribution is -0.141. The Morgan fingerprint density at radius 3 is 2.67 bits per heavy atom. The number of thiazole rings is 1. The van der Waals surface area contributed by atoms with Crippen LogP contribution in [-0.4, -0.2) is 64.2 Å². The summed E-state index contributed by atoms with van der Waals surface area (Å²) in [5, 5.41) is 16.2. The zero-order valence-corrected chi connectivity index (χ0v) is 25.4. The second-order valence-electron chi connectivity index (χ2n) is 11.4. The molecule has 4 N–H and O–H groups in total. The molecule has 0 aliphatic carbocycles. The van der Waals surface area contributed by atoms with Crippen molar-refractivity contribution in [3.63, 3.8) is 0 Å². The summed E-state index contributed by atoms with van der Waals surface area (Å²) in [6.45, 7) is 6.28. The topological polar surface area (TPSA) is 118 Å². The first-order valence-corrected chi connectivity index (χ1v) is 15.4. The summed E-state index contributed by atoms with van der Waals surface area (Å²) in [6.07, 6.45) is 7.58. The first kappa shape index (κ1) is 31.6. The van der Waals surface area contributed by atoms with E-state index in [1.54, 1.807) is 31.4 Å². The van der Waals surface area contributed by atoms with Gasteiger partial charge in [0.15, 0.2) is 0 Å². The van der Waals surface area contributed by atoms with Crippen LogP contribution in [0.1, 0.15) is 44.7 Å². The molecule has 0 saturated carbocycles. The van der Waals surface area contributed by atoms with Crippen molar-refractivity contribution in [2.24, 2.45) is 11.1 Å². The van der Waals surface area contributed by atoms with Gasteiger partial charge in [-0.25, -0.2) is 4.98 Å². The summed E-state index contributed by atoms with van der Waals surface area (Å²) in [5.41, 5.74) is 8.45. The van der Waals surface area contributed by atoms with Crippen LogP contribution in [-0.2, 0) is 27.4 Å². The van der Waals surface area contributed by atoms with E-state index >= 15 is 0 Å². The number of carbonyl (C=O) groups is 2. The maximum Gasteiger partial charge on any atom is 0.248 e. The average Bonchev–Trinajstić information content (AvgIpc) is 3.71. The second-order valence-corrected chi connectivity index (χ2v) is 12.3. The molecule has 1 aliphatic rings. The number of nitrogens with two attached hydrogens (primary N) is 1. The lowest BCUT2D eigenvalue weighted by Crippen LogP contribution is -2.57. The number of rotatable bonds is 13. The van der Waals surface area contributed by atoms with Gasteiger partial charge in [-0.1, -0.05) is 67.6 Å². The van der Waals surface area contributed by atoms with Crippen molar-refractivity contribution in [2.45, 2.75) is 70.9 Å². The van der Waals surface area contributed by atoms with Crippen molar-refractivity contribution in [1.29, 1.82) is 0 Å². The van der Waals surface area contributed by atoms with Gasteiger partial charge in [-0.05, 0) is 50.3 Å². The number of benzene rings is 2. The van der Waals surface area contributed by atoms with Crippen LogP contribution in [0.3, 0.4) is 0 Å². The van der Waals surface area contributed by atoms with E-state index in [2.05, 4.69) is 22.4 Å². The number of aliphatic hydroxyl groups excluding tert-OH is 1. The highest BCUT2D eigenvalue weighted by Gasteiger charge is 2.37. The Labute approximate surface area is 252 Å². The molecule has 5 atom stereocenters. The van der Waals surface area contributed by atoms with Gasteiger partial charge in [-0.2, -0.15) is 0 Å². The number of carbonyl (C=O) groups excluding carboxylic acids is 2. The molecule has 1 aliphatic heterocycles. The van der Waals surface area contributed by atoms with Crippen molar-refractivity contribution >= 4 is 23.2 Å². The van der Waals surface area contributed by atoms with Gasteiger partial charge in [0.25, 0.3) is 0 Å². The SMILES string of the molecule is C[C@H](N)C(=O)N[C@H](C(=O)N1CCC[C@H]1/C=C/[C@](C)(CO)Cc1cccc(-c2nccs2)c1)[C@@H](C)OCc1ccccc1. The van der Waals surface area contributed by atoms with Crippen molar-refractivity contribution in [2.75, 3.05) is 13.2 Å². The van der Waals surface area contributed by atoms with Gasteiger partial charge < -0.3 is 25.8 Å². The minimum absolute atomic E-state index is 0.0386. The van der Waals surface area contributed by atoms with Crippen LogP contribution < -0.4 is 11.1 Å². The Hall–Kier alpha value is -3.37. The van der Waals surface area contributed by atoms with Crippen LogP contribution in [0, 0.1) is 5.41 Å². The molecular weight excluding hydrogens is 548 g/mol. The quantitative estimate of drug-likeness (QED) is 0.255. The first-order valence-electron chi connectivity index (χ1n) is 14.5. The third-order valence-electron chi connectivity index (χ3n) is 7.68. The standard InChI is InChI=1S/C33H42N4O4S/c1-23(34)30(39)36-29(24(2)41-21-25-9-5-4-6-10-25)32(40)37-17-8-13-28(37)14-15-33(3,22-38)20-26-11-7-12-27(19-26)31-35-16-18-42-31/h4-7,9-12,14-16,18-19,23-24,28-29,38H,8,13,17,20-22,34H2,1-3H3,(H,36,39)/b15-14+/t23-,24+,28-,29-,33-/m0/s1. The van der Waals surface area contributed by atoms with Gasteiger partial charge in [-0.15, -0.1) is 11.3 Å². The van der Waals surface area contributed by atoms with Gasteiger partial charge in [0.05, 0.1) is 31.4 Å². The van der Waals surface area contributed by atoms with Crippen LogP contribution in [0.2, 0.25) is 0 Å². The van der Waals surface area contributed by atoms with E-state index in [9.17, 15) is 14.7 Å². The summed E-state index contributed by atoms with van der Waals surface area (Å²) >= 11 is 1.60. The minimum Gasteiger partial charge on any atom is -0.395 e. The Bertz CT molecular complexity index is 1330. The molecule has 9 heteroatoms. The van der Waals surface area contributed by atoms with E-state index in [4.69, 9.17) is 10.5 Å². The van der Waals surface area contributed by atoms with Gasteiger partial charge >= 0.3 is 0 Å². The number of ether oxygens (including phenoxy) is 1. The van der Waals surface area contributed by atoms with E-state index in [-0.39, 0.29) is 18.6 Å². The zero-order valence-electron chi connectivity index (χ0n) is 24.6. The summed E-state index contributed by atoms with van der Waals surface area (Å²) < 4.78 is 6.06. The van der Waals surface area contributed by atoms with Crippen molar-refractivity contribution in [3.05, 3.63) is 89.5 Å². The number of aromatic nitrogens is 1. The fraction of sp³-hybridized carbons (Fsp3) is 0.424. The molecular formula is C33H42N4O4S. The Kier molecular flexibility index (Phi) is 11.0. The Morgan fingerprint density at radius 1 is 1.21 bits per heavy atom. The molecule has 2 amide bonds. The van der Waals surface area contributed by atoms with E-state index in [1.807, 2.05) is 71.8 Å². The molecule has 1 aromatic heterocycles. The summed E-state index contributed by atoms with van der Waals surface area (Å²) in [6, 6.07) is 16.2. The molecule has 2 aromatic carbocycles. The fourth-order valence-corrected chi connectivity index (χ4v) is 5.80. The van der Waals surface area contributed by atoms with E-state index in [1.165, 1.54) is 0 Å². The Balaban J connectivity index is 1.47. The predicted molar refractivity (Wildman–Crippen MR) is 167 cm³/mol. The van der Waals surface area contributed by atoms with Crippen molar-refractivity contribution < 1.29 is 19.4 Å². The monoisotopic (exact) mass is 590 g/mol. The van der Waals surface area contributed by atoms with Crippen LogP contribution in [0.25, 0.3) is 10.6 Å². The molecule has 224 valence electrons. The first-order chi connectivity index (χ1) is 20.2. The third-order valence-corrected chi connectivity index (χ3v) is 8.50. The van der Waals surface area contributed by atoms with Crippen LogP contribution in [0.5, 0.6) is 0 Å². The molecule has 0 spiro atoms. The molecule has 2 heterocycles. The zero-order chi connectivity index (χ0) is 30.1. The molecule has 1 fully saturated rings. The molecule has 0 unspecified atom stereocenters. The molecule has 42 heavy (non-hydrogen) atoms. The van der Waals surface area contributed by atoms with E-state index in [0.717, 1.165) is 34.5 Å². The molecule has 4 rings (SSSR count). The van der Waals surface area contributed by atoms with Gasteiger partial charge in [0.2, 0.25) is 11.8 Å². The highest BCUT2D eigenvalue weighted by Crippen LogP contribution is 2.30. The van der Waals surface area contributed by atoms with Crippen LogP contribution >= 0.6 is 11.3 Å². The number of hydrogen-bond acceptors (Lipinski definition) is 7. The van der Waals surface area contributed by atoms with Gasteiger partial charge in [0, 0.05) is 29.1 Å². The summed E-state index contributed by atoms with van der Waals surface area (Å²) in [4.78, 5) is 32.7. The number of amides is 2. The molecule has 0 radical (unpaired) electrons. The van der Waals surface area contributed by atoms with Gasteiger partial charge in [0.1, 0.15) is 11.0 Å². The van der Waals surface area contributed by atoms with Crippen LogP contribution in [0.4, 0.5) is 0 Å². The van der Waals surface area contributed by atoms with Crippen LogP contribution in [0.15, 0.2) is 78.3 Å². The summed E-state index contributed by atoms with van der Waals surface area (Å²) in [7, 11) is 0. The molecule has 3 aromatic rings. The number of likely N-dealkylation sites (tertiary alicyclic amines) is 1. The summed E-state index contributed by atoms with van der Waals surface area (Å²) in [5.74, 6) is -0.596. The maximum atomic E-state index is 13.9. The largest absolute Gasteiger partial charge is 0.395 e.